The molecule has 104 valence electrons. The lowest BCUT2D eigenvalue weighted by Gasteiger charge is -2.18. The van der Waals surface area contributed by atoms with Gasteiger partial charge in [-0.15, -0.1) is 0 Å². The van der Waals surface area contributed by atoms with Crippen LogP contribution in [0, 0.1) is 12.8 Å². The number of anilines is 1. The van der Waals surface area contributed by atoms with Crippen molar-refractivity contribution in [1.82, 2.24) is 9.55 Å². The first kappa shape index (κ1) is 15.1. The summed E-state index contributed by atoms with van der Waals surface area (Å²) in [6.45, 7) is 13.2. The zero-order valence-electron chi connectivity index (χ0n) is 12.8. The van der Waals surface area contributed by atoms with Crippen LogP contribution in [0.15, 0.2) is 6.20 Å². The molecule has 0 bridgehead atoms. The maximum absolute atomic E-state index is 4.57. The molecule has 1 unspecified atom stereocenters. The number of nitrogens with one attached hydrogen (secondary N) is 1. The molecular weight excluding hydrogens is 222 g/mol. The number of imidazole rings is 1. The number of rotatable bonds is 7. The van der Waals surface area contributed by atoms with Gasteiger partial charge in [0.15, 0.2) is 0 Å². The molecule has 0 amide bonds. The van der Waals surface area contributed by atoms with Gasteiger partial charge in [-0.2, -0.15) is 0 Å². The van der Waals surface area contributed by atoms with Crippen molar-refractivity contribution in [2.24, 2.45) is 5.92 Å². The van der Waals surface area contributed by atoms with Gasteiger partial charge in [0.05, 0.1) is 5.69 Å². The van der Waals surface area contributed by atoms with E-state index in [-0.39, 0.29) is 0 Å². The van der Waals surface area contributed by atoms with Gasteiger partial charge in [-0.3, -0.25) is 0 Å². The van der Waals surface area contributed by atoms with Crippen molar-refractivity contribution in [2.45, 2.75) is 72.9 Å². The zero-order valence-corrected chi connectivity index (χ0v) is 12.8. The molecule has 0 saturated carbocycles. The first-order valence-corrected chi connectivity index (χ1v) is 7.22. The van der Waals surface area contributed by atoms with Crippen molar-refractivity contribution in [2.75, 3.05) is 5.32 Å². The quantitative estimate of drug-likeness (QED) is 0.778. The molecule has 0 aliphatic rings. The van der Waals surface area contributed by atoms with E-state index in [0.717, 1.165) is 17.6 Å². The largest absolute Gasteiger partial charge is 0.353 e. The minimum atomic E-state index is 0.424. The highest BCUT2D eigenvalue weighted by atomic mass is 15.2. The Kier molecular flexibility index (Phi) is 5.70. The van der Waals surface area contributed by atoms with Crippen molar-refractivity contribution in [3.8, 4) is 0 Å². The second-order valence-electron chi connectivity index (χ2n) is 6.09. The molecule has 1 atom stereocenters. The SMILES string of the molecule is Cc1cn(C(C)CCCC(C)C)c(NC(C)C)n1. The van der Waals surface area contributed by atoms with E-state index < -0.39 is 0 Å². The number of hydrogen-bond donors (Lipinski definition) is 1. The highest BCUT2D eigenvalue weighted by Crippen LogP contribution is 2.22. The van der Waals surface area contributed by atoms with Gasteiger partial charge in [0.1, 0.15) is 0 Å². The van der Waals surface area contributed by atoms with Gasteiger partial charge in [-0.25, -0.2) is 4.98 Å². The minimum Gasteiger partial charge on any atom is -0.353 e. The molecule has 1 heterocycles. The molecule has 1 N–H and O–H groups in total. The van der Waals surface area contributed by atoms with Crippen LogP contribution in [0.1, 0.15) is 65.6 Å². The minimum absolute atomic E-state index is 0.424. The summed E-state index contributed by atoms with van der Waals surface area (Å²) in [6.07, 6.45) is 5.98. The summed E-state index contributed by atoms with van der Waals surface area (Å²) in [5.74, 6) is 1.81. The molecule has 0 spiro atoms. The van der Waals surface area contributed by atoms with Crippen molar-refractivity contribution >= 4 is 5.95 Å². The molecule has 0 aromatic carbocycles. The van der Waals surface area contributed by atoms with Gasteiger partial charge < -0.3 is 9.88 Å². The van der Waals surface area contributed by atoms with Gasteiger partial charge >= 0.3 is 0 Å². The van der Waals surface area contributed by atoms with Crippen molar-refractivity contribution in [3.05, 3.63) is 11.9 Å². The Labute approximate surface area is 112 Å². The van der Waals surface area contributed by atoms with Crippen molar-refractivity contribution in [3.63, 3.8) is 0 Å². The van der Waals surface area contributed by atoms with Gasteiger partial charge in [-0.1, -0.05) is 26.7 Å². The molecule has 1 rings (SSSR count). The van der Waals surface area contributed by atoms with Crippen LogP contribution in [0.3, 0.4) is 0 Å². The topological polar surface area (TPSA) is 29.9 Å². The predicted octanol–water partition coefficient (Wildman–Crippen LogP) is 4.40. The van der Waals surface area contributed by atoms with Crippen LogP contribution in [-0.4, -0.2) is 15.6 Å². The summed E-state index contributed by atoms with van der Waals surface area (Å²) >= 11 is 0. The number of nitrogens with zero attached hydrogens (tertiary/aromatic N) is 2. The summed E-state index contributed by atoms with van der Waals surface area (Å²) < 4.78 is 2.29. The lowest BCUT2D eigenvalue weighted by molar-refractivity contribution is 0.449. The average Bonchev–Trinajstić information content (AvgIpc) is 2.57. The van der Waals surface area contributed by atoms with Gasteiger partial charge in [-0.05, 0) is 40.0 Å². The number of aryl methyl sites for hydroxylation is 1. The molecule has 0 fully saturated rings. The van der Waals surface area contributed by atoms with Crippen LogP contribution in [0.5, 0.6) is 0 Å². The first-order chi connectivity index (χ1) is 8.40. The summed E-state index contributed by atoms with van der Waals surface area (Å²) in [5.41, 5.74) is 1.09. The maximum Gasteiger partial charge on any atom is 0.203 e. The molecular formula is C15H29N3. The van der Waals surface area contributed by atoms with Gasteiger partial charge in [0.2, 0.25) is 5.95 Å². The summed E-state index contributed by atoms with van der Waals surface area (Å²) in [5, 5.41) is 3.43. The third-order valence-corrected chi connectivity index (χ3v) is 3.15. The van der Waals surface area contributed by atoms with Crippen LogP contribution in [0.2, 0.25) is 0 Å². The Morgan fingerprint density at radius 1 is 1.17 bits per heavy atom. The lowest BCUT2D eigenvalue weighted by atomic mass is 10.0. The van der Waals surface area contributed by atoms with E-state index in [2.05, 4.69) is 62.6 Å². The molecule has 0 aliphatic heterocycles. The fraction of sp³-hybridized carbons (Fsp3) is 0.800. The molecule has 1 aromatic heterocycles. The lowest BCUT2D eigenvalue weighted by Crippen LogP contribution is -2.16. The summed E-state index contributed by atoms with van der Waals surface area (Å²) in [4.78, 5) is 4.57. The van der Waals surface area contributed by atoms with E-state index in [1.807, 2.05) is 0 Å². The second kappa shape index (κ2) is 6.81. The van der Waals surface area contributed by atoms with Crippen LogP contribution < -0.4 is 5.32 Å². The first-order valence-electron chi connectivity index (χ1n) is 7.22. The fourth-order valence-electron chi connectivity index (χ4n) is 2.18. The van der Waals surface area contributed by atoms with Crippen LogP contribution in [0.25, 0.3) is 0 Å². The van der Waals surface area contributed by atoms with E-state index in [4.69, 9.17) is 0 Å². The van der Waals surface area contributed by atoms with E-state index in [1.165, 1.54) is 19.3 Å². The molecule has 18 heavy (non-hydrogen) atoms. The fourth-order valence-corrected chi connectivity index (χ4v) is 2.18. The number of aromatic nitrogens is 2. The Bertz CT molecular complexity index is 353. The standard InChI is InChI=1S/C15H29N3/c1-11(2)8-7-9-14(6)18-10-13(5)17-15(18)16-12(3)4/h10-12,14H,7-9H2,1-6H3,(H,16,17). The van der Waals surface area contributed by atoms with E-state index >= 15 is 0 Å². The Morgan fingerprint density at radius 2 is 1.83 bits per heavy atom. The molecule has 3 heteroatoms. The monoisotopic (exact) mass is 251 g/mol. The highest BCUT2D eigenvalue weighted by molar-refractivity contribution is 5.30. The van der Waals surface area contributed by atoms with Gasteiger partial charge in [0, 0.05) is 18.3 Å². The molecule has 0 saturated heterocycles. The zero-order chi connectivity index (χ0) is 13.7. The van der Waals surface area contributed by atoms with Crippen LogP contribution >= 0.6 is 0 Å². The number of hydrogen-bond acceptors (Lipinski definition) is 2. The Morgan fingerprint density at radius 3 is 2.39 bits per heavy atom. The van der Waals surface area contributed by atoms with Crippen molar-refractivity contribution < 1.29 is 0 Å². The molecule has 0 aliphatic carbocycles. The maximum atomic E-state index is 4.57. The van der Waals surface area contributed by atoms with E-state index in [0.29, 0.717) is 12.1 Å². The average molecular weight is 251 g/mol. The third-order valence-electron chi connectivity index (χ3n) is 3.15. The Hall–Kier alpha value is -0.990. The third kappa shape index (κ3) is 4.71. The molecule has 1 aromatic rings. The summed E-state index contributed by atoms with van der Waals surface area (Å²) in [6, 6.07) is 0.944. The second-order valence-corrected chi connectivity index (χ2v) is 6.09. The molecule has 3 nitrogen and oxygen atoms in total. The van der Waals surface area contributed by atoms with Crippen LogP contribution in [-0.2, 0) is 0 Å². The van der Waals surface area contributed by atoms with Gasteiger partial charge in [0.25, 0.3) is 0 Å². The highest BCUT2D eigenvalue weighted by Gasteiger charge is 2.12. The van der Waals surface area contributed by atoms with E-state index in [9.17, 15) is 0 Å². The van der Waals surface area contributed by atoms with Crippen LogP contribution in [0.4, 0.5) is 5.95 Å². The summed E-state index contributed by atoms with van der Waals surface area (Å²) in [7, 11) is 0. The predicted molar refractivity (Wildman–Crippen MR) is 79.1 cm³/mol. The van der Waals surface area contributed by atoms with E-state index in [1.54, 1.807) is 0 Å². The smallest absolute Gasteiger partial charge is 0.203 e. The molecule has 0 radical (unpaired) electrons. The normalized spacial score (nSPS) is 13.3. The van der Waals surface area contributed by atoms with Crippen molar-refractivity contribution in [1.29, 1.82) is 0 Å². The Balaban J connectivity index is 2.63.